The Labute approximate surface area is 155 Å². The Bertz CT molecular complexity index is 894. The predicted octanol–water partition coefficient (Wildman–Crippen LogP) is 3.71. The predicted molar refractivity (Wildman–Crippen MR) is 87.6 cm³/mol. The molecule has 0 saturated carbocycles. The van der Waals surface area contributed by atoms with Crippen molar-refractivity contribution in [2.45, 2.75) is 12.4 Å². The SMILES string of the molecule is N#Cc1ccc(C(F)(F)F)cc1N1CCN(c2cc(C(F)(F)F)ncn2)CC1. The third kappa shape index (κ3) is 4.11. The van der Waals surface area contributed by atoms with Crippen molar-refractivity contribution >= 4 is 11.5 Å². The first kappa shape index (κ1) is 19.7. The maximum atomic E-state index is 13.0. The van der Waals surface area contributed by atoms with Crippen LogP contribution in [0, 0.1) is 11.3 Å². The molecule has 0 atom stereocenters. The summed E-state index contributed by atoms with van der Waals surface area (Å²) in [6.07, 6.45) is -8.32. The summed E-state index contributed by atoms with van der Waals surface area (Å²) in [7, 11) is 0. The van der Waals surface area contributed by atoms with Crippen LogP contribution in [-0.4, -0.2) is 36.1 Å². The van der Waals surface area contributed by atoms with Crippen molar-refractivity contribution in [3.05, 3.63) is 47.4 Å². The number of halogens is 6. The van der Waals surface area contributed by atoms with Crippen LogP contribution in [0.3, 0.4) is 0 Å². The third-order valence-corrected chi connectivity index (χ3v) is 4.33. The summed E-state index contributed by atoms with van der Waals surface area (Å²) < 4.78 is 77.3. The zero-order chi connectivity index (χ0) is 20.5. The van der Waals surface area contributed by atoms with E-state index in [1.54, 1.807) is 9.80 Å². The van der Waals surface area contributed by atoms with Gasteiger partial charge in [0.05, 0.1) is 16.8 Å². The van der Waals surface area contributed by atoms with Crippen LogP contribution in [0.2, 0.25) is 0 Å². The number of nitrogens with zero attached hydrogens (tertiary/aromatic N) is 5. The highest BCUT2D eigenvalue weighted by molar-refractivity contribution is 5.62. The van der Waals surface area contributed by atoms with E-state index in [0.717, 1.165) is 30.6 Å². The molecule has 5 nitrogen and oxygen atoms in total. The van der Waals surface area contributed by atoms with E-state index >= 15 is 0 Å². The fourth-order valence-electron chi connectivity index (χ4n) is 2.92. The fraction of sp³-hybridized carbons (Fsp3) is 0.353. The minimum Gasteiger partial charge on any atom is -0.367 e. The second kappa shape index (κ2) is 7.18. The topological polar surface area (TPSA) is 56.1 Å². The molecule has 0 aliphatic carbocycles. The number of alkyl halides is 6. The van der Waals surface area contributed by atoms with Gasteiger partial charge in [-0.25, -0.2) is 9.97 Å². The molecule has 2 heterocycles. The number of hydrogen-bond acceptors (Lipinski definition) is 5. The zero-order valence-electron chi connectivity index (χ0n) is 14.2. The van der Waals surface area contributed by atoms with Crippen LogP contribution >= 0.6 is 0 Å². The lowest BCUT2D eigenvalue weighted by Gasteiger charge is -2.37. The van der Waals surface area contributed by atoms with Gasteiger partial charge in [0.1, 0.15) is 23.9 Å². The molecule has 2 aromatic rings. The van der Waals surface area contributed by atoms with Gasteiger partial charge in [0.15, 0.2) is 0 Å². The van der Waals surface area contributed by atoms with E-state index < -0.39 is 23.6 Å². The van der Waals surface area contributed by atoms with Gasteiger partial charge in [-0.05, 0) is 18.2 Å². The molecule has 1 aromatic carbocycles. The normalized spacial score (nSPS) is 15.5. The molecule has 1 aromatic heterocycles. The van der Waals surface area contributed by atoms with Crippen molar-refractivity contribution in [2.75, 3.05) is 36.0 Å². The highest BCUT2D eigenvalue weighted by Gasteiger charge is 2.34. The molecule has 1 fully saturated rings. The van der Waals surface area contributed by atoms with Gasteiger partial charge < -0.3 is 9.80 Å². The van der Waals surface area contributed by atoms with Gasteiger partial charge in [-0.2, -0.15) is 31.6 Å². The highest BCUT2D eigenvalue weighted by Crippen LogP contribution is 2.34. The van der Waals surface area contributed by atoms with Crippen molar-refractivity contribution in [3.8, 4) is 6.07 Å². The molecule has 0 bridgehead atoms. The van der Waals surface area contributed by atoms with Crippen LogP contribution in [0.4, 0.5) is 37.8 Å². The Hall–Kier alpha value is -3.03. The van der Waals surface area contributed by atoms with Crippen LogP contribution in [0.5, 0.6) is 0 Å². The quantitative estimate of drug-likeness (QED) is 0.719. The summed E-state index contributed by atoms with van der Waals surface area (Å²) in [5.41, 5.74) is -1.68. The van der Waals surface area contributed by atoms with Crippen molar-refractivity contribution in [2.24, 2.45) is 0 Å². The van der Waals surface area contributed by atoms with E-state index in [-0.39, 0.29) is 43.2 Å². The van der Waals surface area contributed by atoms with Gasteiger partial charge in [0, 0.05) is 32.2 Å². The van der Waals surface area contributed by atoms with Gasteiger partial charge in [0.25, 0.3) is 0 Å². The van der Waals surface area contributed by atoms with Gasteiger partial charge in [-0.3, -0.25) is 0 Å². The number of benzene rings is 1. The maximum Gasteiger partial charge on any atom is 0.433 e. The molecule has 0 radical (unpaired) electrons. The van der Waals surface area contributed by atoms with Gasteiger partial charge in [0.2, 0.25) is 0 Å². The average molecular weight is 401 g/mol. The number of anilines is 2. The smallest absolute Gasteiger partial charge is 0.367 e. The lowest BCUT2D eigenvalue weighted by atomic mass is 10.1. The number of hydrogen-bond donors (Lipinski definition) is 0. The van der Waals surface area contributed by atoms with E-state index in [0.29, 0.717) is 0 Å². The van der Waals surface area contributed by atoms with Crippen molar-refractivity contribution in [3.63, 3.8) is 0 Å². The monoisotopic (exact) mass is 401 g/mol. The summed E-state index contributed by atoms with van der Waals surface area (Å²) in [5.74, 6) is 0.0894. The maximum absolute atomic E-state index is 13.0. The Kier molecular flexibility index (Phi) is 5.06. The number of piperazine rings is 1. The van der Waals surface area contributed by atoms with Crippen LogP contribution in [0.15, 0.2) is 30.6 Å². The molecule has 1 saturated heterocycles. The molecule has 0 unspecified atom stereocenters. The molecule has 11 heteroatoms. The fourth-order valence-corrected chi connectivity index (χ4v) is 2.92. The van der Waals surface area contributed by atoms with Gasteiger partial charge in [-0.1, -0.05) is 0 Å². The molecule has 148 valence electrons. The highest BCUT2D eigenvalue weighted by atomic mass is 19.4. The summed E-state index contributed by atoms with van der Waals surface area (Å²) in [6, 6.07) is 5.58. The largest absolute Gasteiger partial charge is 0.433 e. The third-order valence-electron chi connectivity index (χ3n) is 4.33. The van der Waals surface area contributed by atoms with E-state index in [1.807, 2.05) is 6.07 Å². The molecule has 3 rings (SSSR count). The summed E-state index contributed by atoms with van der Waals surface area (Å²) in [4.78, 5) is 10.3. The van der Waals surface area contributed by atoms with E-state index in [4.69, 9.17) is 0 Å². The number of rotatable bonds is 2. The van der Waals surface area contributed by atoms with Crippen molar-refractivity contribution in [1.29, 1.82) is 5.26 Å². The lowest BCUT2D eigenvalue weighted by molar-refractivity contribution is -0.141. The second-order valence-electron chi connectivity index (χ2n) is 6.07. The van der Waals surface area contributed by atoms with Gasteiger partial charge >= 0.3 is 12.4 Å². The van der Waals surface area contributed by atoms with E-state index in [2.05, 4.69) is 9.97 Å². The van der Waals surface area contributed by atoms with Gasteiger partial charge in [-0.15, -0.1) is 0 Å². The molecule has 28 heavy (non-hydrogen) atoms. The summed E-state index contributed by atoms with van der Waals surface area (Å²) in [6.45, 7) is 0.910. The minimum absolute atomic E-state index is 0.0894. The van der Waals surface area contributed by atoms with Crippen LogP contribution in [-0.2, 0) is 12.4 Å². The molecule has 1 aliphatic rings. The summed E-state index contributed by atoms with van der Waals surface area (Å²) >= 11 is 0. The first-order chi connectivity index (χ1) is 13.1. The Morgan fingerprint density at radius 3 is 2.07 bits per heavy atom. The van der Waals surface area contributed by atoms with Crippen molar-refractivity contribution in [1.82, 2.24) is 9.97 Å². The Morgan fingerprint density at radius 2 is 1.50 bits per heavy atom. The molecule has 1 aliphatic heterocycles. The van der Waals surface area contributed by atoms with Crippen LogP contribution in [0.25, 0.3) is 0 Å². The zero-order valence-corrected chi connectivity index (χ0v) is 14.2. The summed E-state index contributed by atoms with van der Waals surface area (Å²) in [5, 5.41) is 9.19. The minimum atomic E-state index is -4.60. The Morgan fingerprint density at radius 1 is 0.857 bits per heavy atom. The van der Waals surface area contributed by atoms with E-state index in [1.165, 1.54) is 0 Å². The van der Waals surface area contributed by atoms with Crippen LogP contribution < -0.4 is 9.80 Å². The second-order valence-corrected chi connectivity index (χ2v) is 6.07. The van der Waals surface area contributed by atoms with Crippen LogP contribution in [0.1, 0.15) is 16.8 Å². The molecule has 0 N–H and O–H groups in total. The average Bonchev–Trinajstić information content (AvgIpc) is 2.66. The first-order valence-electron chi connectivity index (χ1n) is 8.10. The lowest BCUT2D eigenvalue weighted by Crippen LogP contribution is -2.47. The Balaban J connectivity index is 1.79. The number of nitriles is 1. The van der Waals surface area contributed by atoms with E-state index in [9.17, 15) is 31.6 Å². The molecular formula is C17H13F6N5. The standard InChI is InChI=1S/C17H13F6N5/c18-16(19,20)12-2-1-11(9-24)13(7-12)27-3-5-28(6-4-27)15-8-14(17(21,22)23)25-10-26-15/h1-2,7-8,10H,3-6H2. The molecular weight excluding hydrogens is 388 g/mol. The molecule has 0 spiro atoms. The first-order valence-corrected chi connectivity index (χ1v) is 8.10. The number of aromatic nitrogens is 2. The van der Waals surface area contributed by atoms with Crippen molar-refractivity contribution < 1.29 is 26.3 Å². The molecule has 0 amide bonds.